The van der Waals surface area contributed by atoms with Crippen LogP contribution >= 0.6 is 0 Å². The summed E-state index contributed by atoms with van der Waals surface area (Å²) in [5.41, 5.74) is 0. The summed E-state index contributed by atoms with van der Waals surface area (Å²) < 4.78 is 30.8. The molecule has 0 unspecified atom stereocenters. The SMILES string of the molecule is C=C(/N=C\C(=C/C)OC[C@H]1CC1(F)F)N1CCCC1. The molecule has 2 fully saturated rings. The van der Waals surface area contributed by atoms with Gasteiger partial charge in [0.05, 0.1) is 18.7 Å². The molecule has 0 amide bonds. The van der Waals surface area contributed by atoms with Crippen molar-refractivity contribution >= 4 is 6.21 Å². The van der Waals surface area contributed by atoms with Crippen LogP contribution in [0.4, 0.5) is 8.78 Å². The number of hydrogen-bond donors (Lipinski definition) is 0. The first kappa shape index (κ1) is 14.0. The first-order chi connectivity index (χ1) is 9.03. The highest BCUT2D eigenvalue weighted by Gasteiger charge is 2.57. The molecule has 0 radical (unpaired) electrons. The quantitative estimate of drug-likeness (QED) is 0.547. The van der Waals surface area contributed by atoms with E-state index >= 15 is 0 Å². The molecule has 0 spiro atoms. The van der Waals surface area contributed by atoms with Crippen LogP contribution in [0.15, 0.2) is 29.2 Å². The fourth-order valence-corrected chi connectivity index (χ4v) is 2.04. The molecule has 0 bridgehead atoms. The summed E-state index contributed by atoms with van der Waals surface area (Å²) >= 11 is 0. The molecule has 1 aliphatic carbocycles. The van der Waals surface area contributed by atoms with Gasteiger partial charge in [-0.05, 0) is 25.8 Å². The number of likely N-dealkylation sites (tertiary alicyclic amines) is 1. The highest BCUT2D eigenvalue weighted by Crippen LogP contribution is 2.48. The van der Waals surface area contributed by atoms with Crippen LogP contribution in [0, 0.1) is 5.92 Å². The monoisotopic (exact) mass is 270 g/mol. The van der Waals surface area contributed by atoms with E-state index in [0.29, 0.717) is 11.6 Å². The number of hydrogen-bond acceptors (Lipinski definition) is 3. The highest BCUT2D eigenvalue weighted by atomic mass is 19.3. The predicted molar refractivity (Wildman–Crippen MR) is 71.2 cm³/mol. The van der Waals surface area contributed by atoms with Crippen molar-refractivity contribution in [2.75, 3.05) is 19.7 Å². The Morgan fingerprint density at radius 2 is 2.11 bits per heavy atom. The van der Waals surface area contributed by atoms with Crippen molar-refractivity contribution in [1.29, 1.82) is 0 Å². The summed E-state index contributed by atoms with van der Waals surface area (Å²) in [6, 6.07) is 0. The first-order valence-electron chi connectivity index (χ1n) is 6.68. The van der Waals surface area contributed by atoms with Crippen LogP contribution < -0.4 is 0 Å². The van der Waals surface area contributed by atoms with Gasteiger partial charge >= 0.3 is 0 Å². The lowest BCUT2D eigenvalue weighted by molar-refractivity contribution is 0.0764. The first-order valence-corrected chi connectivity index (χ1v) is 6.68. The molecule has 5 heteroatoms. The summed E-state index contributed by atoms with van der Waals surface area (Å²) in [5.74, 6) is -1.95. The number of alkyl halides is 2. The van der Waals surface area contributed by atoms with Crippen molar-refractivity contribution in [1.82, 2.24) is 4.90 Å². The summed E-state index contributed by atoms with van der Waals surface area (Å²) in [4.78, 5) is 6.35. The Balaban J connectivity index is 1.77. The van der Waals surface area contributed by atoms with E-state index in [9.17, 15) is 8.78 Å². The van der Waals surface area contributed by atoms with E-state index in [1.54, 1.807) is 19.2 Å². The van der Waals surface area contributed by atoms with Gasteiger partial charge in [-0.2, -0.15) is 0 Å². The summed E-state index contributed by atoms with van der Waals surface area (Å²) in [5, 5.41) is 0. The molecule has 1 saturated heterocycles. The molecule has 3 nitrogen and oxygen atoms in total. The Morgan fingerprint density at radius 3 is 2.63 bits per heavy atom. The number of rotatable bonds is 6. The molecule has 0 aromatic heterocycles. The molecule has 0 N–H and O–H groups in total. The summed E-state index contributed by atoms with van der Waals surface area (Å²) in [7, 11) is 0. The lowest BCUT2D eigenvalue weighted by Crippen LogP contribution is -2.16. The smallest absolute Gasteiger partial charge is 0.255 e. The van der Waals surface area contributed by atoms with E-state index in [4.69, 9.17) is 4.74 Å². The summed E-state index contributed by atoms with van der Waals surface area (Å²) in [6.45, 7) is 7.71. The number of nitrogens with zero attached hydrogens (tertiary/aromatic N) is 2. The number of aliphatic imine (C=N–C) groups is 1. The van der Waals surface area contributed by atoms with Crippen molar-refractivity contribution in [3.63, 3.8) is 0 Å². The van der Waals surface area contributed by atoms with Gasteiger partial charge in [-0.3, -0.25) is 0 Å². The Labute approximate surface area is 112 Å². The Morgan fingerprint density at radius 1 is 1.47 bits per heavy atom. The second-order valence-corrected chi connectivity index (χ2v) is 5.03. The van der Waals surface area contributed by atoms with Crippen molar-refractivity contribution < 1.29 is 13.5 Å². The van der Waals surface area contributed by atoms with Crippen molar-refractivity contribution in [2.45, 2.75) is 32.1 Å². The molecule has 1 aliphatic heterocycles. The van der Waals surface area contributed by atoms with E-state index in [-0.39, 0.29) is 13.0 Å². The predicted octanol–water partition coefficient (Wildman–Crippen LogP) is 3.20. The van der Waals surface area contributed by atoms with Crippen LogP contribution in [-0.2, 0) is 4.74 Å². The Kier molecular flexibility index (Phi) is 4.22. The third-order valence-electron chi connectivity index (χ3n) is 3.50. The standard InChI is InChI=1S/C14H20F2N2O/c1-3-13(19-10-12-8-14(12,15)16)9-17-11(2)18-6-4-5-7-18/h3,9,12H,2,4-8,10H2,1H3/b13-3+,17-9-/t12-/m1/s1. The molecule has 106 valence electrons. The molecule has 0 aromatic rings. The lowest BCUT2D eigenvalue weighted by atomic mass is 10.4. The maximum absolute atomic E-state index is 12.7. The maximum atomic E-state index is 12.7. The Hall–Kier alpha value is -1.39. The zero-order chi connectivity index (χ0) is 13.9. The van der Waals surface area contributed by atoms with E-state index < -0.39 is 11.8 Å². The average molecular weight is 270 g/mol. The highest BCUT2D eigenvalue weighted by molar-refractivity contribution is 5.76. The van der Waals surface area contributed by atoms with Gasteiger partial charge in [-0.1, -0.05) is 6.58 Å². The van der Waals surface area contributed by atoms with Crippen LogP contribution in [0.25, 0.3) is 0 Å². The van der Waals surface area contributed by atoms with Gasteiger partial charge < -0.3 is 9.64 Å². The molecule has 1 saturated carbocycles. The zero-order valence-electron chi connectivity index (χ0n) is 11.2. The van der Waals surface area contributed by atoms with Crippen LogP contribution in [0.5, 0.6) is 0 Å². The van der Waals surface area contributed by atoms with Crippen LogP contribution in [0.1, 0.15) is 26.2 Å². The second-order valence-electron chi connectivity index (χ2n) is 5.03. The van der Waals surface area contributed by atoms with Gasteiger partial charge in [0.2, 0.25) is 0 Å². The molecule has 2 rings (SSSR count). The fourth-order valence-electron chi connectivity index (χ4n) is 2.04. The average Bonchev–Trinajstić information content (AvgIpc) is 2.84. The van der Waals surface area contributed by atoms with Gasteiger partial charge in [0, 0.05) is 19.5 Å². The van der Waals surface area contributed by atoms with Crippen LogP contribution in [0.3, 0.4) is 0 Å². The van der Waals surface area contributed by atoms with E-state index in [1.165, 1.54) is 0 Å². The van der Waals surface area contributed by atoms with Gasteiger partial charge in [-0.15, -0.1) is 0 Å². The molecule has 19 heavy (non-hydrogen) atoms. The number of allylic oxidation sites excluding steroid dienone is 2. The molecular formula is C14H20F2N2O. The number of ether oxygens (including phenoxy) is 1. The molecule has 1 heterocycles. The van der Waals surface area contributed by atoms with Gasteiger partial charge in [0.25, 0.3) is 5.92 Å². The molecule has 1 atom stereocenters. The van der Waals surface area contributed by atoms with Crippen molar-refractivity contribution in [2.24, 2.45) is 10.9 Å². The molecule has 2 aliphatic rings. The third kappa shape index (κ3) is 3.78. The van der Waals surface area contributed by atoms with Crippen LogP contribution in [0.2, 0.25) is 0 Å². The minimum Gasteiger partial charge on any atom is -0.492 e. The van der Waals surface area contributed by atoms with Crippen molar-refractivity contribution in [3.05, 3.63) is 24.2 Å². The van der Waals surface area contributed by atoms with Crippen molar-refractivity contribution in [3.8, 4) is 0 Å². The number of halogens is 2. The van der Waals surface area contributed by atoms with Gasteiger partial charge in [0.1, 0.15) is 11.6 Å². The topological polar surface area (TPSA) is 24.8 Å². The minimum absolute atomic E-state index is 0.0505. The Bertz CT molecular complexity index is 398. The minimum atomic E-state index is -2.53. The normalized spacial score (nSPS) is 25.9. The third-order valence-corrected chi connectivity index (χ3v) is 3.50. The zero-order valence-corrected chi connectivity index (χ0v) is 11.2. The molecular weight excluding hydrogens is 250 g/mol. The van der Waals surface area contributed by atoms with E-state index in [2.05, 4.69) is 16.5 Å². The van der Waals surface area contributed by atoms with E-state index in [1.807, 2.05) is 0 Å². The van der Waals surface area contributed by atoms with Crippen LogP contribution in [-0.4, -0.2) is 36.7 Å². The lowest BCUT2D eigenvalue weighted by Gasteiger charge is -2.16. The fraction of sp³-hybridized carbons (Fsp3) is 0.643. The molecule has 0 aromatic carbocycles. The van der Waals surface area contributed by atoms with E-state index in [0.717, 1.165) is 25.9 Å². The van der Waals surface area contributed by atoms with Gasteiger partial charge in [0.15, 0.2) is 0 Å². The van der Waals surface area contributed by atoms with Gasteiger partial charge in [-0.25, -0.2) is 13.8 Å². The largest absolute Gasteiger partial charge is 0.492 e. The second kappa shape index (κ2) is 5.72. The summed E-state index contributed by atoms with van der Waals surface area (Å²) in [6.07, 6.45) is 5.54. The maximum Gasteiger partial charge on any atom is 0.255 e.